The zero-order valence-electron chi connectivity index (χ0n) is 3.60. The summed E-state index contributed by atoms with van der Waals surface area (Å²) >= 11 is 4.09. The van der Waals surface area contributed by atoms with E-state index in [-0.39, 0.29) is 0 Å². The van der Waals surface area contributed by atoms with E-state index in [0.717, 1.165) is 6.08 Å². The summed E-state index contributed by atoms with van der Waals surface area (Å²) in [6.07, 6.45) is -0.336. The second-order valence-electron chi connectivity index (χ2n) is 0.829. The quantitative estimate of drug-likeness (QED) is 0.231. The molecule has 0 aliphatic rings. The summed E-state index contributed by atoms with van der Waals surface area (Å²) in [6.45, 7) is 3.12. The zero-order chi connectivity index (χ0) is 5.70. The molecule has 1 atom stereocenters. The molecule has 0 aromatic rings. The van der Waals surface area contributed by atoms with Crippen LogP contribution in [0.4, 0.5) is 4.39 Å². The third kappa shape index (κ3) is 3.30. The molecule has 0 rings (SSSR count). The van der Waals surface area contributed by atoms with Gasteiger partial charge in [-0.2, -0.15) is 4.99 Å². The Hall–Kier alpha value is -0.530. The molecule has 3 heteroatoms. The van der Waals surface area contributed by atoms with E-state index in [1.807, 2.05) is 5.16 Å². The Morgan fingerprint density at radius 3 is 2.71 bits per heavy atom. The smallest absolute Gasteiger partial charge is 0.216 e. The van der Waals surface area contributed by atoms with Crippen molar-refractivity contribution in [2.45, 2.75) is 6.30 Å². The molecule has 0 bridgehead atoms. The Kier molecular flexibility index (Phi) is 3.38. The first-order valence-corrected chi connectivity index (χ1v) is 2.05. The van der Waals surface area contributed by atoms with Crippen molar-refractivity contribution in [2.24, 2.45) is 4.99 Å². The van der Waals surface area contributed by atoms with Gasteiger partial charge in [0, 0.05) is 0 Å². The largest absolute Gasteiger partial charge is 0.217 e. The van der Waals surface area contributed by atoms with Gasteiger partial charge in [0.1, 0.15) is 0 Å². The van der Waals surface area contributed by atoms with Gasteiger partial charge in [0.2, 0.25) is 6.30 Å². The zero-order valence-corrected chi connectivity index (χ0v) is 4.41. The van der Waals surface area contributed by atoms with Crippen LogP contribution >= 0.6 is 12.2 Å². The molecule has 0 aliphatic carbocycles. The molecule has 0 aliphatic heterocycles. The molecule has 38 valence electrons. The number of thiocarbonyl (C=S) groups is 1. The molecule has 1 unspecified atom stereocenters. The first kappa shape index (κ1) is 6.47. The van der Waals surface area contributed by atoms with E-state index in [0.29, 0.717) is 0 Å². The van der Waals surface area contributed by atoms with Crippen molar-refractivity contribution in [1.82, 2.24) is 0 Å². The molecule has 1 nitrogen and oxygen atoms in total. The lowest BCUT2D eigenvalue weighted by molar-refractivity contribution is 0.418. The van der Waals surface area contributed by atoms with Crippen molar-refractivity contribution >= 4 is 17.4 Å². The van der Waals surface area contributed by atoms with E-state index in [4.69, 9.17) is 0 Å². The van der Waals surface area contributed by atoms with Gasteiger partial charge in [-0.1, -0.05) is 6.58 Å². The third-order valence-electron chi connectivity index (χ3n) is 0.371. The lowest BCUT2D eigenvalue weighted by Crippen LogP contribution is -1.83. The molecule has 0 aromatic heterocycles. The van der Waals surface area contributed by atoms with Crippen LogP contribution in [0.15, 0.2) is 17.6 Å². The Labute approximate surface area is 46.6 Å². The summed E-state index contributed by atoms with van der Waals surface area (Å²) in [7, 11) is 0. The normalized spacial score (nSPS) is 11.6. The Morgan fingerprint density at radius 2 is 2.57 bits per heavy atom. The predicted molar refractivity (Wildman–Crippen MR) is 30.1 cm³/mol. The number of aliphatic imine (C=N–C) groups is 1. The summed E-state index contributed by atoms with van der Waals surface area (Å²) in [6, 6.07) is 0. The van der Waals surface area contributed by atoms with Crippen LogP contribution in [0.5, 0.6) is 0 Å². The number of isothiocyanates is 1. The number of nitrogens with zero attached hydrogens (tertiary/aromatic N) is 1. The van der Waals surface area contributed by atoms with Crippen LogP contribution in [0.2, 0.25) is 0 Å². The fraction of sp³-hybridized carbons (Fsp3) is 0.250. The monoisotopic (exact) mass is 117 g/mol. The highest BCUT2D eigenvalue weighted by Gasteiger charge is 1.88. The highest BCUT2D eigenvalue weighted by Crippen LogP contribution is 1.88. The van der Waals surface area contributed by atoms with E-state index in [1.54, 1.807) is 0 Å². The van der Waals surface area contributed by atoms with Gasteiger partial charge in [0.05, 0.1) is 5.16 Å². The SMILES string of the molecule is C=CC(F)N=C=S. The Bertz CT molecular complexity index is 106. The number of hydrogen-bond donors (Lipinski definition) is 0. The van der Waals surface area contributed by atoms with Crippen LogP contribution in [0.25, 0.3) is 0 Å². The number of alkyl halides is 1. The van der Waals surface area contributed by atoms with Crippen molar-refractivity contribution in [3.05, 3.63) is 12.7 Å². The van der Waals surface area contributed by atoms with Crippen molar-refractivity contribution < 1.29 is 4.39 Å². The second-order valence-corrected chi connectivity index (χ2v) is 1.01. The van der Waals surface area contributed by atoms with Crippen molar-refractivity contribution in [2.75, 3.05) is 0 Å². The Morgan fingerprint density at radius 1 is 2.00 bits per heavy atom. The molecule has 0 amide bonds. The van der Waals surface area contributed by atoms with Crippen molar-refractivity contribution in [1.29, 1.82) is 0 Å². The Balaban J connectivity index is 3.56. The molecule has 0 saturated heterocycles. The van der Waals surface area contributed by atoms with Gasteiger partial charge in [-0.3, -0.25) is 0 Å². The first-order valence-electron chi connectivity index (χ1n) is 1.65. The van der Waals surface area contributed by atoms with Gasteiger partial charge in [-0.05, 0) is 18.3 Å². The van der Waals surface area contributed by atoms with Crippen molar-refractivity contribution in [3.63, 3.8) is 0 Å². The molecule has 0 radical (unpaired) electrons. The third-order valence-corrected chi connectivity index (χ3v) is 0.476. The first-order chi connectivity index (χ1) is 3.31. The minimum atomic E-state index is -1.38. The molecule has 7 heavy (non-hydrogen) atoms. The maximum absolute atomic E-state index is 11.7. The predicted octanol–water partition coefficient (Wildman–Crippen LogP) is 1.57. The van der Waals surface area contributed by atoms with Gasteiger partial charge >= 0.3 is 0 Å². The average molecular weight is 117 g/mol. The fourth-order valence-corrected chi connectivity index (χ4v) is 0.204. The molecule has 0 spiro atoms. The van der Waals surface area contributed by atoms with Gasteiger partial charge in [0.25, 0.3) is 0 Å². The van der Waals surface area contributed by atoms with E-state index >= 15 is 0 Å². The summed E-state index contributed by atoms with van der Waals surface area (Å²) in [5.41, 5.74) is 0. The molecule has 0 fully saturated rings. The maximum Gasteiger partial charge on any atom is 0.217 e. The van der Waals surface area contributed by atoms with E-state index in [1.165, 1.54) is 0 Å². The molecule has 0 heterocycles. The van der Waals surface area contributed by atoms with Crippen LogP contribution in [0, 0.1) is 0 Å². The van der Waals surface area contributed by atoms with Crippen molar-refractivity contribution in [3.8, 4) is 0 Å². The summed E-state index contributed by atoms with van der Waals surface area (Å²) in [5, 5.41) is 1.88. The van der Waals surface area contributed by atoms with Crippen LogP contribution in [0.1, 0.15) is 0 Å². The van der Waals surface area contributed by atoms with Gasteiger partial charge in [-0.15, -0.1) is 0 Å². The van der Waals surface area contributed by atoms with Crippen LogP contribution in [0.3, 0.4) is 0 Å². The molecule has 0 aromatic carbocycles. The summed E-state index contributed by atoms with van der Waals surface area (Å²) in [4.78, 5) is 3.02. The van der Waals surface area contributed by atoms with E-state index in [9.17, 15) is 4.39 Å². The molecule has 0 saturated carbocycles. The molecule has 0 N–H and O–H groups in total. The number of halogens is 1. The average Bonchev–Trinajstić information content (AvgIpc) is 1.68. The number of rotatable bonds is 2. The van der Waals surface area contributed by atoms with E-state index in [2.05, 4.69) is 23.8 Å². The van der Waals surface area contributed by atoms with Gasteiger partial charge < -0.3 is 0 Å². The maximum atomic E-state index is 11.7. The van der Waals surface area contributed by atoms with Gasteiger partial charge in [0.15, 0.2) is 0 Å². The molecular weight excluding hydrogens is 113 g/mol. The van der Waals surface area contributed by atoms with Gasteiger partial charge in [-0.25, -0.2) is 4.39 Å². The highest BCUT2D eigenvalue weighted by molar-refractivity contribution is 7.78. The summed E-state index contributed by atoms with van der Waals surface area (Å²) < 4.78 is 11.7. The molecular formula is C4H4FNS. The minimum Gasteiger partial charge on any atom is -0.216 e. The lowest BCUT2D eigenvalue weighted by atomic mass is 10.6. The minimum absolute atomic E-state index is 1.04. The standard InChI is InChI=1S/C4H4FNS/c1-2-4(5)6-3-7/h2,4H,1H2. The lowest BCUT2D eigenvalue weighted by Gasteiger charge is -1.82. The fourth-order valence-electron chi connectivity index (χ4n) is 0.103. The van der Waals surface area contributed by atoms with E-state index < -0.39 is 6.30 Å². The highest BCUT2D eigenvalue weighted by atomic mass is 32.1. The summed E-state index contributed by atoms with van der Waals surface area (Å²) in [5.74, 6) is 0. The van der Waals surface area contributed by atoms with Crippen LogP contribution in [-0.2, 0) is 0 Å². The van der Waals surface area contributed by atoms with Crippen LogP contribution in [-0.4, -0.2) is 11.5 Å². The topological polar surface area (TPSA) is 12.4 Å². The second kappa shape index (κ2) is 3.65. The number of hydrogen-bond acceptors (Lipinski definition) is 2. The van der Waals surface area contributed by atoms with Crippen LogP contribution < -0.4 is 0 Å².